The first-order valence-electron chi connectivity index (χ1n) is 9.95. The second kappa shape index (κ2) is 8.39. The van der Waals surface area contributed by atoms with Gasteiger partial charge in [-0.05, 0) is 61.7 Å². The topological polar surface area (TPSA) is 70.2 Å². The van der Waals surface area contributed by atoms with E-state index < -0.39 is 0 Å². The number of ether oxygens (including phenoxy) is 1. The van der Waals surface area contributed by atoms with Gasteiger partial charge in [-0.15, -0.1) is 0 Å². The van der Waals surface area contributed by atoms with Crippen molar-refractivity contribution in [2.45, 2.75) is 25.8 Å². The molecule has 0 spiro atoms. The van der Waals surface area contributed by atoms with Gasteiger partial charge >= 0.3 is 0 Å². The summed E-state index contributed by atoms with van der Waals surface area (Å²) in [5, 5.41) is 10.8. The van der Waals surface area contributed by atoms with E-state index in [2.05, 4.69) is 26.5 Å². The second-order valence-corrected chi connectivity index (χ2v) is 7.49. The first-order valence-corrected chi connectivity index (χ1v) is 9.95. The molecule has 29 heavy (non-hydrogen) atoms. The number of aryl methyl sites for hydroxylation is 1. The molecule has 6 nitrogen and oxygen atoms in total. The zero-order valence-electron chi connectivity index (χ0n) is 16.8. The number of methoxy groups -OCH3 is 1. The summed E-state index contributed by atoms with van der Waals surface area (Å²) in [6.45, 7) is 3.71. The predicted molar refractivity (Wildman–Crippen MR) is 114 cm³/mol. The van der Waals surface area contributed by atoms with Crippen LogP contribution in [0.15, 0.2) is 54.6 Å². The van der Waals surface area contributed by atoms with E-state index in [0.717, 1.165) is 54.3 Å². The number of rotatable bonds is 5. The lowest BCUT2D eigenvalue weighted by atomic mass is 10.0. The van der Waals surface area contributed by atoms with Gasteiger partial charge in [0.1, 0.15) is 5.75 Å². The number of hydrogen-bond donors (Lipinski definition) is 2. The third-order valence-electron chi connectivity index (χ3n) is 5.36. The van der Waals surface area contributed by atoms with Crippen molar-refractivity contribution in [2.75, 3.05) is 25.1 Å². The number of carbonyl (C=O) groups excluding carboxylic acids is 1. The molecule has 1 aliphatic rings. The predicted octanol–water partition coefficient (Wildman–Crippen LogP) is 3.79. The van der Waals surface area contributed by atoms with Crippen LogP contribution in [0.3, 0.4) is 0 Å². The number of benzene rings is 2. The molecule has 1 fully saturated rings. The minimum atomic E-state index is -0.0159. The number of H-pyrrole nitrogens is 1. The lowest BCUT2D eigenvalue weighted by Crippen LogP contribution is -2.48. The molecule has 2 aromatic carbocycles. The van der Waals surface area contributed by atoms with Crippen LogP contribution in [0.4, 0.5) is 5.82 Å². The molecular formula is C23H26N4O2. The monoisotopic (exact) mass is 390 g/mol. The van der Waals surface area contributed by atoms with E-state index in [9.17, 15) is 4.79 Å². The fraction of sp³-hybridized carbons (Fsp3) is 0.304. The Morgan fingerprint density at radius 1 is 1.17 bits per heavy atom. The number of amides is 1. The molecular weight excluding hydrogens is 364 g/mol. The van der Waals surface area contributed by atoms with Gasteiger partial charge in [-0.2, -0.15) is 5.10 Å². The Morgan fingerprint density at radius 2 is 1.93 bits per heavy atom. The van der Waals surface area contributed by atoms with Crippen LogP contribution >= 0.6 is 0 Å². The van der Waals surface area contributed by atoms with Crippen molar-refractivity contribution >= 4 is 11.7 Å². The molecule has 150 valence electrons. The van der Waals surface area contributed by atoms with Gasteiger partial charge in [0.25, 0.3) is 5.91 Å². The highest BCUT2D eigenvalue weighted by Crippen LogP contribution is 2.25. The Labute approximate surface area is 170 Å². The normalized spacial score (nSPS) is 16.5. The summed E-state index contributed by atoms with van der Waals surface area (Å²) in [5.41, 5.74) is 3.88. The van der Waals surface area contributed by atoms with Gasteiger partial charge in [0, 0.05) is 30.8 Å². The molecule has 0 radical (unpaired) electrons. The lowest BCUT2D eigenvalue weighted by Gasteiger charge is -2.33. The van der Waals surface area contributed by atoms with Gasteiger partial charge in [0.05, 0.1) is 12.8 Å². The maximum absolute atomic E-state index is 12.5. The SMILES string of the molecule is COc1ccc(-c2cc(N3CCCC(NC(=O)c4ccc(C)cc4)C3)n[nH]2)cc1. The number of anilines is 1. The molecule has 0 bridgehead atoms. The fourth-order valence-corrected chi connectivity index (χ4v) is 3.67. The Morgan fingerprint density at radius 3 is 2.66 bits per heavy atom. The smallest absolute Gasteiger partial charge is 0.251 e. The summed E-state index contributed by atoms with van der Waals surface area (Å²) in [7, 11) is 1.66. The third-order valence-corrected chi connectivity index (χ3v) is 5.36. The van der Waals surface area contributed by atoms with Crippen LogP contribution in [-0.4, -0.2) is 42.3 Å². The minimum absolute atomic E-state index is 0.0159. The van der Waals surface area contributed by atoms with E-state index in [1.165, 1.54) is 0 Å². The van der Waals surface area contributed by atoms with Crippen LogP contribution in [0.5, 0.6) is 5.75 Å². The van der Waals surface area contributed by atoms with Crippen molar-refractivity contribution in [2.24, 2.45) is 0 Å². The fourth-order valence-electron chi connectivity index (χ4n) is 3.67. The van der Waals surface area contributed by atoms with Crippen molar-refractivity contribution in [3.63, 3.8) is 0 Å². The molecule has 2 heterocycles. The summed E-state index contributed by atoms with van der Waals surface area (Å²) < 4.78 is 5.22. The molecule has 0 aliphatic carbocycles. The van der Waals surface area contributed by atoms with Crippen LogP contribution in [0.1, 0.15) is 28.8 Å². The van der Waals surface area contributed by atoms with Crippen LogP contribution < -0.4 is 15.0 Å². The lowest BCUT2D eigenvalue weighted by molar-refractivity contribution is 0.0933. The number of carbonyl (C=O) groups is 1. The molecule has 1 aliphatic heterocycles. The number of aromatic nitrogens is 2. The first kappa shape index (κ1) is 19.1. The summed E-state index contributed by atoms with van der Waals surface area (Å²) >= 11 is 0. The summed E-state index contributed by atoms with van der Waals surface area (Å²) in [6, 6.07) is 17.7. The van der Waals surface area contributed by atoms with Gasteiger partial charge < -0.3 is 15.0 Å². The number of nitrogens with zero attached hydrogens (tertiary/aromatic N) is 2. The zero-order chi connectivity index (χ0) is 20.2. The maximum atomic E-state index is 12.5. The number of aromatic amines is 1. The van der Waals surface area contributed by atoms with Crippen LogP contribution in [0, 0.1) is 6.92 Å². The summed E-state index contributed by atoms with van der Waals surface area (Å²) in [4.78, 5) is 14.8. The maximum Gasteiger partial charge on any atom is 0.251 e. The van der Waals surface area contributed by atoms with Gasteiger partial charge in [-0.1, -0.05) is 17.7 Å². The van der Waals surface area contributed by atoms with Crippen LogP contribution in [0.25, 0.3) is 11.3 Å². The van der Waals surface area contributed by atoms with E-state index in [0.29, 0.717) is 5.56 Å². The van der Waals surface area contributed by atoms with Gasteiger partial charge in [-0.3, -0.25) is 9.89 Å². The Kier molecular flexibility index (Phi) is 5.51. The molecule has 4 rings (SSSR count). The van der Waals surface area contributed by atoms with E-state index in [1.807, 2.05) is 55.5 Å². The van der Waals surface area contributed by atoms with Crippen LogP contribution in [0.2, 0.25) is 0 Å². The molecule has 1 saturated heterocycles. The van der Waals surface area contributed by atoms with Gasteiger partial charge in [0.15, 0.2) is 5.82 Å². The zero-order valence-corrected chi connectivity index (χ0v) is 16.8. The summed E-state index contributed by atoms with van der Waals surface area (Å²) in [6.07, 6.45) is 1.99. The average molecular weight is 390 g/mol. The first-order chi connectivity index (χ1) is 14.1. The Balaban J connectivity index is 1.41. The number of nitrogens with one attached hydrogen (secondary N) is 2. The van der Waals surface area contributed by atoms with Crippen molar-refractivity contribution < 1.29 is 9.53 Å². The Bertz CT molecular complexity index is 963. The molecule has 1 unspecified atom stereocenters. The van der Waals surface area contributed by atoms with Crippen molar-refractivity contribution in [1.82, 2.24) is 15.5 Å². The average Bonchev–Trinajstić information content (AvgIpc) is 3.25. The van der Waals surface area contributed by atoms with Crippen molar-refractivity contribution in [1.29, 1.82) is 0 Å². The van der Waals surface area contributed by atoms with Gasteiger partial charge in [-0.25, -0.2) is 0 Å². The van der Waals surface area contributed by atoms with Crippen LogP contribution in [-0.2, 0) is 0 Å². The van der Waals surface area contributed by atoms with Crippen molar-refractivity contribution in [3.8, 4) is 17.0 Å². The van der Waals surface area contributed by atoms with Gasteiger partial charge in [0.2, 0.25) is 0 Å². The van der Waals surface area contributed by atoms with E-state index in [1.54, 1.807) is 7.11 Å². The molecule has 3 aromatic rings. The quantitative estimate of drug-likeness (QED) is 0.695. The molecule has 2 N–H and O–H groups in total. The summed E-state index contributed by atoms with van der Waals surface area (Å²) in [5.74, 6) is 1.72. The molecule has 6 heteroatoms. The van der Waals surface area contributed by atoms with E-state index in [4.69, 9.17) is 4.74 Å². The largest absolute Gasteiger partial charge is 0.497 e. The molecule has 0 saturated carbocycles. The highest BCUT2D eigenvalue weighted by Gasteiger charge is 2.23. The highest BCUT2D eigenvalue weighted by molar-refractivity contribution is 5.94. The van der Waals surface area contributed by atoms with E-state index >= 15 is 0 Å². The number of piperidine rings is 1. The van der Waals surface area contributed by atoms with Crippen molar-refractivity contribution in [3.05, 3.63) is 65.7 Å². The number of hydrogen-bond acceptors (Lipinski definition) is 4. The second-order valence-electron chi connectivity index (χ2n) is 7.49. The molecule has 1 atom stereocenters. The van der Waals surface area contributed by atoms with E-state index in [-0.39, 0.29) is 11.9 Å². The Hall–Kier alpha value is -3.28. The molecule has 1 amide bonds. The molecule has 1 aromatic heterocycles. The minimum Gasteiger partial charge on any atom is -0.497 e. The third kappa shape index (κ3) is 4.42. The standard InChI is InChI=1S/C23H26N4O2/c1-16-5-7-18(8-6-16)23(28)24-19-4-3-13-27(15-19)22-14-21(25-26-22)17-9-11-20(29-2)12-10-17/h5-12,14,19H,3-4,13,15H2,1-2H3,(H,24,28)(H,25,26). The highest BCUT2D eigenvalue weighted by atomic mass is 16.5.